The van der Waals surface area contributed by atoms with E-state index in [0.717, 1.165) is 3.63 Å². The molecule has 0 spiro atoms. The Morgan fingerprint density at radius 1 is 1.16 bits per heavy atom. The van der Waals surface area contributed by atoms with E-state index in [2.05, 4.69) is 71.0 Å². The fourth-order valence-electron chi connectivity index (χ4n) is 2.51. The van der Waals surface area contributed by atoms with Crippen molar-refractivity contribution in [3.63, 3.8) is 0 Å². The quantitative estimate of drug-likeness (QED) is 0.643. The van der Waals surface area contributed by atoms with Crippen molar-refractivity contribution in [1.82, 2.24) is 0 Å². The van der Waals surface area contributed by atoms with Gasteiger partial charge in [0.2, 0.25) is 0 Å². The Kier molecular flexibility index (Phi) is 4.79. The second-order valence-electron chi connectivity index (χ2n) is 5.32. The van der Waals surface area contributed by atoms with Gasteiger partial charge in [-0.2, -0.15) is 0 Å². The minimum absolute atomic E-state index is 0.589. The monoisotopic (exact) mass is 328 g/mol. The zero-order chi connectivity index (χ0) is 14.0. The average molecular weight is 330 g/mol. The van der Waals surface area contributed by atoms with Crippen LogP contribution in [0.15, 0.2) is 50.3 Å². The van der Waals surface area contributed by atoms with Gasteiger partial charge in [-0.25, -0.2) is 0 Å². The van der Waals surface area contributed by atoms with Crippen LogP contribution in [-0.2, 0) is 23.2 Å². The van der Waals surface area contributed by atoms with Crippen LogP contribution in [0.5, 0.6) is 0 Å². The Balaban J connectivity index is 2.28. The SMILES string of the molecule is C/C=C(C)/C(C)=[C](\C)[Zr][CH]1C(C)=Cc2ccccc21. The normalized spacial score (nSPS) is 19.7. The molecule has 0 amide bonds. The van der Waals surface area contributed by atoms with E-state index in [0.29, 0.717) is 0 Å². The summed E-state index contributed by atoms with van der Waals surface area (Å²) in [4.78, 5) is 0. The topological polar surface area (TPSA) is 0 Å². The summed E-state index contributed by atoms with van der Waals surface area (Å²) in [5, 5.41) is 0. The Morgan fingerprint density at radius 3 is 2.53 bits per heavy atom. The number of fused-ring (bicyclic) bond motifs is 1. The first-order chi connectivity index (χ1) is 9.04. The molecule has 1 atom stereocenters. The van der Waals surface area contributed by atoms with Crippen LogP contribution in [0.1, 0.15) is 49.4 Å². The molecule has 1 aromatic carbocycles. The van der Waals surface area contributed by atoms with Crippen molar-refractivity contribution in [2.24, 2.45) is 0 Å². The molecule has 0 saturated carbocycles. The van der Waals surface area contributed by atoms with E-state index < -0.39 is 23.2 Å². The first-order valence-corrected chi connectivity index (χ1v) is 9.53. The molecule has 0 heterocycles. The molecule has 98 valence electrons. The van der Waals surface area contributed by atoms with E-state index in [1.54, 1.807) is 14.4 Å². The summed E-state index contributed by atoms with van der Waals surface area (Å²) in [6.07, 6.45) is 4.61. The van der Waals surface area contributed by atoms with Crippen LogP contribution in [0.25, 0.3) is 6.08 Å². The number of rotatable bonds is 3. The van der Waals surface area contributed by atoms with Crippen molar-refractivity contribution >= 4 is 6.08 Å². The number of hydrogen-bond acceptors (Lipinski definition) is 0. The van der Waals surface area contributed by atoms with Gasteiger partial charge in [-0.3, -0.25) is 0 Å². The fourth-order valence-corrected chi connectivity index (χ4v) is 6.38. The standard InChI is InChI=1S/C10H9.C8H13.Zr/c1-8-6-9-4-2-3-5-10(9)7-8;1-5-7(3)8(4)6-2;/h2-7H,1H3;5H,1-4H3;/b;7-5+,8-6?;. The van der Waals surface area contributed by atoms with Crippen LogP contribution in [0.2, 0.25) is 0 Å². The average Bonchev–Trinajstić information content (AvgIpc) is 2.73. The molecule has 19 heavy (non-hydrogen) atoms. The van der Waals surface area contributed by atoms with Crippen molar-refractivity contribution in [2.45, 2.75) is 38.2 Å². The molecular formula is C18H22Zr. The molecule has 0 aliphatic heterocycles. The summed E-state index contributed by atoms with van der Waals surface area (Å²) in [6.45, 7) is 11.3. The van der Waals surface area contributed by atoms with E-state index >= 15 is 0 Å². The Morgan fingerprint density at radius 2 is 1.84 bits per heavy atom. The summed E-state index contributed by atoms with van der Waals surface area (Å²) in [5.74, 6) is 0. The third-order valence-corrected chi connectivity index (χ3v) is 8.67. The summed E-state index contributed by atoms with van der Waals surface area (Å²) in [6, 6.07) is 8.90. The fraction of sp³-hybridized carbons (Fsp3) is 0.333. The first kappa shape index (κ1) is 14.7. The van der Waals surface area contributed by atoms with Crippen LogP contribution in [0.4, 0.5) is 0 Å². The van der Waals surface area contributed by atoms with Gasteiger partial charge in [-0.05, 0) is 0 Å². The molecule has 0 N–H and O–H groups in total. The van der Waals surface area contributed by atoms with Gasteiger partial charge >= 0.3 is 129 Å². The molecule has 1 unspecified atom stereocenters. The Hall–Kier alpha value is -0.677. The van der Waals surface area contributed by atoms with E-state index in [1.165, 1.54) is 16.7 Å². The molecule has 0 nitrogen and oxygen atoms in total. The van der Waals surface area contributed by atoms with E-state index in [9.17, 15) is 0 Å². The summed E-state index contributed by atoms with van der Waals surface area (Å²) in [5.41, 5.74) is 7.53. The molecule has 1 aromatic rings. The number of benzene rings is 1. The third-order valence-electron chi connectivity index (χ3n) is 4.09. The molecule has 0 saturated heterocycles. The van der Waals surface area contributed by atoms with Crippen molar-refractivity contribution in [3.05, 3.63) is 61.5 Å². The molecule has 1 aliphatic rings. The summed E-state index contributed by atoms with van der Waals surface area (Å²) >= 11 is -0.589. The molecule has 0 aromatic heterocycles. The van der Waals surface area contributed by atoms with Crippen LogP contribution < -0.4 is 0 Å². The Bertz CT molecular complexity index is 573. The van der Waals surface area contributed by atoms with Crippen molar-refractivity contribution < 1.29 is 23.2 Å². The summed E-state index contributed by atoms with van der Waals surface area (Å²) < 4.78 is 2.41. The zero-order valence-electron chi connectivity index (χ0n) is 12.5. The van der Waals surface area contributed by atoms with Gasteiger partial charge in [0, 0.05) is 0 Å². The summed E-state index contributed by atoms with van der Waals surface area (Å²) in [7, 11) is 0. The molecule has 0 fully saturated rings. The van der Waals surface area contributed by atoms with E-state index in [-0.39, 0.29) is 0 Å². The molecule has 1 heteroatoms. The van der Waals surface area contributed by atoms with E-state index in [1.807, 2.05) is 0 Å². The van der Waals surface area contributed by atoms with Crippen LogP contribution in [-0.4, -0.2) is 0 Å². The van der Waals surface area contributed by atoms with Gasteiger partial charge in [0.05, 0.1) is 0 Å². The zero-order valence-corrected chi connectivity index (χ0v) is 15.0. The number of allylic oxidation sites excluding steroid dienone is 5. The number of hydrogen-bond donors (Lipinski definition) is 0. The second kappa shape index (κ2) is 6.18. The van der Waals surface area contributed by atoms with Gasteiger partial charge < -0.3 is 0 Å². The van der Waals surface area contributed by atoms with Gasteiger partial charge in [-0.15, -0.1) is 0 Å². The van der Waals surface area contributed by atoms with Crippen LogP contribution in [0.3, 0.4) is 0 Å². The van der Waals surface area contributed by atoms with Crippen molar-refractivity contribution in [3.8, 4) is 0 Å². The van der Waals surface area contributed by atoms with Crippen LogP contribution in [0, 0.1) is 0 Å². The molecular weight excluding hydrogens is 307 g/mol. The van der Waals surface area contributed by atoms with Gasteiger partial charge in [0.1, 0.15) is 0 Å². The van der Waals surface area contributed by atoms with Crippen molar-refractivity contribution in [1.29, 1.82) is 0 Å². The second-order valence-corrected chi connectivity index (χ2v) is 9.29. The molecule has 2 rings (SSSR count). The van der Waals surface area contributed by atoms with Gasteiger partial charge in [0.15, 0.2) is 0 Å². The minimum atomic E-state index is -0.589. The van der Waals surface area contributed by atoms with Crippen molar-refractivity contribution in [2.75, 3.05) is 0 Å². The van der Waals surface area contributed by atoms with Crippen LogP contribution >= 0.6 is 0 Å². The predicted molar refractivity (Wildman–Crippen MR) is 80.6 cm³/mol. The van der Waals surface area contributed by atoms with E-state index in [4.69, 9.17) is 0 Å². The maximum absolute atomic E-state index is 2.38. The van der Waals surface area contributed by atoms with Gasteiger partial charge in [0.25, 0.3) is 0 Å². The molecule has 0 bridgehead atoms. The molecule has 1 aliphatic carbocycles. The maximum atomic E-state index is 2.38. The molecule has 0 radical (unpaired) electrons. The predicted octanol–water partition coefficient (Wildman–Crippen LogP) is 5.49. The van der Waals surface area contributed by atoms with Gasteiger partial charge in [-0.1, -0.05) is 0 Å². The third kappa shape index (κ3) is 3.08. The first-order valence-electron chi connectivity index (χ1n) is 6.89. The Labute approximate surface area is 128 Å².